The maximum Gasteiger partial charge on any atom is -0.00293 e. The molecule has 0 amide bonds. The van der Waals surface area contributed by atoms with Crippen molar-refractivity contribution in [3.63, 3.8) is 0 Å². The molecule has 0 aliphatic heterocycles. The van der Waals surface area contributed by atoms with Crippen molar-refractivity contribution < 1.29 is 0 Å². The van der Waals surface area contributed by atoms with Gasteiger partial charge in [-0.2, -0.15) is 0 Å². The summed E-state index contributed by atoms with van der Waals surface area (Å²) >= 11 is 0. The Morgan fingerprint density at radius 2 is 1.25 bits per heavy atom. The van der Waals surface area contributed by atoms with Crippen molar-refractivity contribution in [1.29, 1.82) is 0 Å². The van der Waals surface area contributed by atoms with Crippen LogP contribution in [0.1, 0.15) is 13.8 Å². The van der Waals surface area contributed by atoms with Crippen molar-refractivity contribution in [2.45, 2.75) is 13.8 Å². The van der Waals surface area contributed by atoms with E-state index >= 15 is 0 Å². The number of hydrogen-bond acceptors (Lipinski definition) is 2. The molecule has 0 radical (unpaired) electrons. The van der Waals surface area contributed by atoms with Crippen LogP contribution < -0.4 is 11.5 Å². The van der Waals surface area contributed by atoms with Crippen LogP contribution in [0.25, 0.3) is 0 Å². The van der Waals surface area contributed by atoms with Gasteiger partial charge in [-0.15, -0.1) is 0 Å². The quantitative estimate of drug-likeness (QED) is 0.491. The number of hydrogen-bond donors (Lipinski definition) is 2. The van der Waals surface area contributed by atoms with E-state index in [9.17, 15) is 0 Å². The van der Waals surface area contributed by atoms with E-state index < -0.39 is 0 Å². The molecule has 0 aliphatic rings. The molecule has 8 heavy (non-hydrogen) atoms. The first-order chi connectivity index (χ1) is 3.72. The van der Waals surface area contributed by atoms with Gasteiger partial charge in [-0.05, 0) is 37.4 Å². The van der Waals surface area contributed by atoms with Crippen molar-refractivity contribution in [2.24, 2.45) is 11.5 Å². The lowest BCUT2D eigenvalue weighted by atomic mass is 10.2. The van der Waals surface area contributed by atoms with Gasteiger partial charge in [-0.25, -0.2) is 0 Å². The second kappa shape index (κ2) is 3.13. The van der Waals surface area contributed by atoms with Crippen LogP contribution in [-0.4, -0.2) is 0 Å². The molecule has 0 atom stereocenters. The molecule has 0 rings (SSSR count). The molecule has 0 unspecified atom stereocenters. The van der Waals surface area contributed by atoms with Crippen molar-refractivity contribution >= 4 is 0 Å². The lowest BCUT2D eigenvalue weighted by Gasteiger charge is -1.94. The van der Waals surface area contributed by atoms with Crippen molar-refractivity contribution in [3.8, 4) is 0 Å². The van der Waals surface area contributed by atoms with Crippen LogP contribution in [0.4, 0.5) is 0 Å². The summed E-state index contributed by atoms with van der Waals surface area (Å²) in [5.74, 6) is 0. The fourth-order valence-electron chi connectivity index (χ4n) is 0.263. The maximum absolute atomic E-state index is 5.19. The Labute approximate surface area is 49.9 Å². The molecular weight excluding hydrogens is 100 g/mol. The molecule has 0 aromatic rings. The molecule has 2 nitrogen and oxygen atoms in total. The van der Waals surface area contributed by atoms with E-state index in [-0.39, 0.29) is 0 Å². The zero-order valence-corrected chi connectivity index (χ0v) is 5.31. The molecule has 0 spiro atoms. The normalized spacial score (nSPS) is 14.2. The van der Waals surface area contributed by atoms with Gasteiger partial charge in [-0.1, -0.05) is 0 Å². The minimum Gasteiger partial charge on any atom is -0.404 e. The third kappa shape index (κ3) is 1.69. The van der Waals surface area contributed by atoms with Crippen LogP contribution in [0.2, 0.25) is 0 Å². The topological polar surface area (TPSA) is 52.0 Å². The largest absolute Gasteiger partial charge is 0.404 e. The van der Waals surface area contributed by atoms with E-state index in [0.29, 0.717) is 0 Å². The summed E-state index contributed by atoms with van der Waals surface area (Å²) < 4.78 is 0. The second-order valence-corrected chi connectivity index (χ2v) is 1.70. The van der Waals surface area contributed by atoms with Gasteiger partial charge in [0.1, 0.15) is 0 Å². The maximum atomic E-state index is 5.19. The molecule has 46 valence electrons. The Kier molecular flexibility index (Phi) is 2.77. The van der Waals surface area contributed by atoms with Crippen molar-refractivity contribution in [1.82, 2.24) is 0 Å². The van der Waals surface area contributed by atoms with Crippen LogP contribution in [0, 0.1) is 0 Å². The number of allylic oxidation sites excluding steroid dienone is 2. The highest BCUT2D eigenvalue weighted by Crippen LogP contribution is 2.02. The molecule has 0 saturated carbocycles. The van der Waals surface area contributed by atoms with Crippen LogP contribution in [0.5, 0.6) is 0 Å². The lowest BCUT2D eigenvalue weighted by molar-refractivity contribution is 1.28. The molecule has 4 N–H and O–H groups in total. The summed E-state index contributed by atoms with van der Waals surface area (Å²) in [7, 11) is 0. The Hall–Kier alpha value is -0.920. The van der Waals surface area contributed by atoms with Gasteiger partial charge in [-0.3, -0.25) is 0 Å². The summed E-state index contributed by atoms with van der Waals surface area (Å²) in [6.07, 6.45) is 3.08. The predicted octanol–water partition coefficient (Wildman–Crippen LogP) is 0.711. The second-order valence-electron chi connectivity index (χ2n) is 1.70. The first-order valence-corrected chi connectivity index (χ1v) is 2.49. The molecule has 0 aliphatic carbocycles. The van der Waals surface area contributed by atoms with E-state index in [1.54, 1.807) is 12.4 Å². The van der Waals surface area contributed by atoms with Gasteiger partial charge in [0.05, 0.1) is 0 Å². The molecule has 0 aromatic heterocycles. The fraction of sp³-hybridized carbons (Fsp3) is 0.333. The summed E-state index contributed by atoms with van der Waals surface area (Å²) in [5, 5.41) is 0. The standard InChI is InChI=1S/C6H12N2/c1-5(3-7)6(2)4-8/h3-4H,7-8H2,1-2H3/b5-3-,6-4-. The summed E-state index contributed by atoms with van der Waals surface area (Å²) in [5.41, 5.74) is 12.4. The monoisotopic (exact) mass is 112 g/mol. The SMILES string of the molecule is CC(=C/N)/C(C)=C\N. The van der Waals surface area contributed by atoms with E-state index in [1.807, 2.05) is 13.8 Å². The first-order valence-electron chi connectivity index (χ1n) is 2.49. The van der Waals surface area contributed by atoms with E-state index in [4.69, 9.17) is 11.5 Å². The van der Waals surface area contributed by atoms with Crippen LogP contribution in [0.15, 0.2) is 23.5 Å². The Balaban J connectivity index is 4.04. The zero-order chi connectivity index (χ0) is 6.57. The summed E-state index contributed by atoms with van der Waals surface area (Å²) in [6.45, 7) is 3.83. The molecule has 0 fully saturated rings. The zero-order valence-electron chi connectivity index (χ0n) is 5.31. The van der Waals surface area contributed by atoms with E-state index in [1.165, 1.54) is 0 Å². The Morgan fingerprint density at radius 3 is 1.38 bits per heavy atom. The average molecular weight is 112 g/mol. The predicted molar refractivity (Wildman–Crippen MR) is 35.9 cm³/mol. The van der Waals surface area contributed by atoms with Crippen molar-refractivity contribution in [3.05, 3.63) is 23.5 Å². The highest BCUT2D eigenvalue weighted by atomic mass is 14.5. The van der Waals surface area contributed by atoms with Gasteiger partial charge in [0, 0.05) is 0 Å². The number of nitrogens with two attached hydrogens (primary N) is 2. The molecule has 0 saturated heterocycles. The van der Waals surface area contributed by atoms with Crippen LogP contribution in [0.3, 0.4) is 0 Å². The highest BCUT2D eigenvalue weighted by Gasteiger charge is 1.86. The van der Waals surface area contributed by atoms with Crippen LogP contribution >= 0.6 is 0 Å². The average Bonchev–Trinajstić information content (AvgIpc) is 1.84. The minimum absolute atomic E-state index is 1.02. The minimum atomic E-state index is 1.02. The Morgan fingerprint density at radius 1 is 1.00 bits per heavy atom. The summed E-state index contributed by atoms with van der Waals surface area (Å²) in [4.78, 5) is 0. The molecule has 0 heterocycles. The van der Waals surface area contributed by atoms with E-state index in [0.717, 1.165) is 11.1 Å². The van der Waals surface area contributed by atoms with Crippen LogP contribution in [-0.2, 0) is 0 Å². The van der Waals surface area contributed by atoms with Gasteiger partial charge in [0.25, 0.3) is 0 Å². The number of rotatable bonds is 1. The van der Waals surface area contributed by atoms with Gasteiger partial charge in [0.2, 0.25) is 0 Å². The van der Waals surface area contributed by atoms with Gasteiger partial charge in [0.15, 0.2) is 0 Å². The molecular formula is C6H12N2. The van der Waals surface area contributed by atoms with Gasteiger partial charge < -0.3 is 11.5 Å². The molecule has 2 heteroatoms. The third-order valence-corrected chi connectivity index (χ3v) is 1.12. The first kappa shape index (κ1) is 7.08. The highest BCUT2D eigenvalue weighted by molar-refractivity contribution is 5.24. The van der Waals surface area contributed by atoms with E-state index in [2.05, 4.69) is 0 Å². The third-order valence-electron chi connectivity index (χ3n) is 1.12. The lowest BCUT2D eigenvalue weighted by Crippen LogP contribution is -1.89. The van der Waals surface area contributed by atoms with Crippen molar-refractivity contribution in [2.75, 3.05) is 0 Å². The molecule has 0 bridgehead atoms. The Bertz CT molecular complexity index is 106. The fourth-order valence-corrected chi connectivity index (χ4v) is 0.263. The smallest absolute Gasteiger partial charge is 0.00293 e. The molecule has 0 aromatic carbocycles. The van der Waals surface area contributed by atoms with Gasteiger partial charge >= 0.3 is 0 Å². The summed E-state index contributed by atoms with van der Waals surface area (Å²) in [6, 6.07) is 0.